The zero-order valence-corrected chi connectivity index (χ0v) is 18.9. The summed E-state index contributed by atoms with van der Waals surface area (Å²) in [6.45, 7) is 10.3. The van der Waals surface area contributed by atoms with Gasteiger partial charge in [0.2, 0.25) is 0 Å². The highest BCUT2D eigenvalue weighted by atomic mass is 16.6. The van der Waals surface area contributed by atoms with Gasteiger partial charge in [-0.2, -0.15) is 5.26 Å². The number of alkyl carbamates (subject to hydrolysis) is 1. The number of amides is 1. The minimum atomic E-state index is -0.513. The number of benzene rings is 1. The zero-order chi connectivity index (χ0) is 22.5. The first-order valence-corrected chi connectivity index (χ1v) is 10.5. The normalized spacial score (nSPS) is 18.8. The van der Waals surface area contributed by atoms with E-state index in [9.17, 15) is 14.9 Å². The van der Waals surface area contributed by atoms with Crippen molar-refractivity contribution >= 4 is 17.7 Å². The predicted molar refractivity (Wildman–Crippen MR) is 116 cm³/mol. The van der Waals surface area contributed by atoms with Crippen LogP contribution in [0.1, 0.15) is 74.9 Å². The van der Waals surface area contributed by atoms with Gasteiger partial charge < -0.3 is 19.7 Å². The Hall–Kier alpha value is -2.75. The molecule has 1 aromatic rings. The highest BCUT2D eigenvalue weighted by Gasteiger charge is 2.29. The van der Waals surface area contributed by atoms with Crippen molar-refractivity contribution in [2.75, 3.05) is 18.6 Å². The van der Waals surface area contributed by atoms with Crippen molar-refractivity contribution in [3.8, 4) is 6.07 Å². The lowest BCUT2D eigenvalue weighted by Crippen LogP contribution is -2.45. The molecule has 0 unspecified atom stereocenters. The van der Waals surface area contributed by atoms with Crippen LogP contribution in [-0.4, -0.2) is 43.4 Å². The van der Waals surface area contributed by atoms with Crippen molar-refractivity contribution in [2.24, 2.45) is 0 Å². The second kappa shape index (κ2) is 9.84. The van der Waals surface area contributed by atoms with Gasteiger partial charge in [-0.3, -0.25) is 0 Å². The Bertz CT molecular complexity index is 815. The number of nitrogens with zero attached hydrogens (tertiary/aromatic N) is 2. The number of nitriles is 1. The minimum absolute atomic E-state index is 0.0898. The Balaban J connectivity index is 2.14. The summed E-state index contributed by atoms with van der Waals surface area (Å²) in [6, 6.07) is 5.93. The molecule has 1 N–H and O–H groups in total. The lowest BCUT2D eigenvalue weighted by atomic mass is 9.89. The van der Waals surface area contributed by atoms with Gasteiger partial charge in [-0.05, 0) is 78.0 Å². The molecule has 7 nitrogen and oxygen atoms in total. The van der Waals surface area contributed by atoms with E-state index in [-0.39, 0.29) is 18.2 Å². The molecule has 1 amide bonds. The molecular formula is C23H33N3O4. The van der Waals surface area contributed by atoms with Gasteiger partial charge >= 0.3 is 12.1 Å². The third-order valence-corrected chi connectivity index (χ3v) is 5.42. The maximum atomic E-state index is 12.2. The first-order valence-electron chi connectivity index (χ1n) is 10.5. The van der Waals surface area contributed by atoms with Crippen LogP contribution < -0.4 is 10.2 Å². The summed E-state index contributed by atoms with van der Waals surface area (Å²) >= 11 is 0. The van der Waals surface area contributed by atoms with Gasteiger partial charge in [0.15, 0.2) is 0 Å². The van der Waals surface area contributed by atoms with Gasteiger partial charge in [-0.25, -0.2) is 9.59 Å². The molecule has 7 heteroatoms. The summed E-state index contributed by atoms with van der Waals surface area (Å²) in [7, 11) is 1.34. The van der Waals surface area contributed by atoms with Crippen LogP contribution >= 0.6 is 0 Å². The number of ether oxygens (including phenoxy) is 2. The van der Waals surface area contributed by atoms with Crippen LogP contribution in [0.5, 0.6) is 0 Å². The number of rotatable bonds is 5. The van der Waals surface area contributed by atoms with Crippen LogP contribution in [0.3, 0.4) is 0 Å². The summed E-state index contributed by atoms with van der Waals surface area (Å²) in [5, 5.41) is 12.4. The molecule has 1 fully saturated rings. The van der Waals surface area contributed by atoms with Crippen molar-refractivity contribution in [1.82, 2.24) is 5.32 Å². The molecule has 0 bridgehead atoms. The van der Waals surface area contributed by atoms with E-state index in [4.69, 9.17) is 9.47 Å². The van der Waals surface area contributed by atoms with Crippen LogP contribution in [0, 0.1) is 18.3 Å². The number of carbonyl (C=O) groups is 2. The third-order valence-electron chi connectivity index (χ3n) is 5.42. The largest absolute Gasteiger partial charge is 0.465 e. The van der Waals surface area contributed by atoms with Crippen molar-refractivity contribution in [1.29, 1.82) is 5.26 Å². The van der Waals surface area contributed by atoms with E-state index in [0.717, 1.165) is 43.5 Å². The number of methoxy groups -OCH3 is 1. The number of hydrogen-bond acceptors (Lipinski definition) is 6. The highest BCUT2D eigenvalue weighted by molar-refractivity contribution is 5.93. The van der Waals surface area contributed by atoms with Gasteiger partial charge in [0.25, 0.3) is 0 Å². The molecule has 0 aromatic heterocycles. The summed E-state index contributed by atoms with van der Waals surface area (Å²) < 4.78 is 10.3. The fourth-order valence-electron chi connectivity index (χ4n) is 4.02. The van der Waals surface area contributed by atoms with Crippen molar-refractivity contribution in [2.45, 2.75) is 78.0 Å². The smallest absolute Gasteiger partial charge is 0.407 e. The van der Waals surface area contributed by atoms with Crippen LogP contribution in [0.2, 0.25) is 0 Å². The molecule has 0 spiro atoms. The van der Waals surface area contributed by atoms with Crippen LogP contribution in [0.4, 0.5) is 10.5 Å². The fraction of sp³-hybridized carbons (Fsp3) is 0.609. The van der Waals surface area contributed by atoms with E-state index in [1.807, 2.05) is 33.8 Å². The Morgan fingerprint density at radius 1 is 1.23 bits per heavy atom. The van der Waals surface area contributed by atoms with E-state index in [2.05, 4.69) is 23.2 Å². The molecule has 30 heavy (non-hydrogen) atoms. The molecule has 0 aliphatic heterocycles. The summed E-state index contributed by atoms with van der Waals surface area (Å²) in [5.74, 6) is -0.438. The van der Waals surface area contributed by atoms with Crippen molar-refractivity contribution in [3.05, 3.63) is 28.8 Å². The Labute approximate surface area is 179 Å². The predicted octanol–water partition coefficient (Wildman–Crippen LogP) is 4.32. The molecule has 1 saturated carbocycles. The average molecular weight is 416 g/mol. The SMILES string of the molecule is CCN(c1cc(C#N)cc(C(=O)OC)c1C)C1CCC(NC(=O)OC(C)(C)C)CC1. The molecule has 164 valence electrons. The number of esters is 1. The second-order valence-corrected chi connectivity index (χ2v) is 8.71. The van der Waals surface area contributed by atoms with Crippen molar-refractivity contribution < 1.29 is 19.1 Å². The monoisotopic (exact) mass is 415 g/mol. The molecule has 2 rings (SSSR count). The Morgan fingerprint density at radius 2 is 1.87 bits per heavy atom. The van der Waals surface area contributed by atoms with Gasteiger partial charge in [0.05, 0.1) is 24.3 Å². The summed E-state index contributed by atoms with van der Waals surface area (Å²) in [6.07, 6.45) is 3.12. The maximum absolute atomic E-state index is 12.2. The fourth-order valence-corrected chi connectivity index (χ4v) is 4.02. The van der Waals surface area contributed by atoms with Gasteiger partial charge in [-0.1, -0.05) is 0 Å². The lowest BCUT2D eigenvalue weighted by molar-refractivity contribution is 0.0490. The zero-order valence-electron chi connectivity index (χ0n) is 18.9. The van der Waals surface area contributed by atoms with E-state index in [0.29, 0.717) is 11.1 Å². The Morgan fingerprint density at radius 3 is 2.37 bits per heavy atom. The van der Waals surface area contributed by atoms with E-state index >= 15 is 0 Å². The molecule has 0 atom stereocenters. The van der Waals surface area contributed by atoms with Crippen LogP contribution in [-0.2, 0) is 9.47 Å². The van der Waals surface area contributed by atoms with Gasteiger partial charge in [0.1, 0.15) is 5.60 Å². The van der Waals surface area contributed by atoms with E-state index in [1.54, 1.807) is 6.07 Å². The maximum Gasteiger partial charge on any atom is 0.407 e. The molecule has 1 aliphatic rings. The molecule has 1 aliphatic carbocycles. The molecular weight excluding hydrogens is 382 g/mol. The quantitative estimate of drug-likeness (QED) is 0.720. The minimum Gasteiger partial charge on any atom is -0.465 e. The molecule has 0 radical (unpaired) electrons. The number of carbonyl (C=O) groups excluding carboxylic acids is 2. The van der Waals surface area contributed by atoms with Crippen LogP contribution in [0.15, 0.2) is 12.1 Å². The first kappa shape index (κ1) is 23.5. The third kappa shape index (κ3) is 5.88. The van der Waals surface area contributed by atoms with Gasteiger partial charge in [0, 0.05) is 24.3 Å². The number of hydrogen-bond donors (Lipinski definition) is 1. The van der Waals surface area contributed by atoms with Crippen molar-refractivity contribution in [3.63, 3.8) is 0 Å². The molecule has 0 saturated heterocycles. The van der Waals surface area contributed by atoms with Gasteiger partial charge in [-0.15, -0.1) is 0 Å². The molecule has 0 heterocycles. The van der Waals surface area contributed by atoms with Crippen LogP contribution in [0.25, 0.3) is 0 Å². The summed E-state index contributed by atoms with van der Waals surface area (Å²) in [5.41, 5.74) is 2.05. The Kier molecular flexibility index (Phi) is 7.71. The molecule has 1 aromatic carbocycles. The number of anilines is 1. The average Bonchev–Trinajstić information content (AvgIpc) is 2.68. The second-order valence-electron chi connectivity index (χ2n) is 8.71. The first-order chi connectivity index (χ1) is 14.1. The number of nitrogens with one attached hydrogen (secondary N) is 1. The summed E-state index contributed by atoms with van der Waals surface area (Å²) in [4.78, 5) is 26.5. The standard InChI is InChI=1S/C23H33N3O4/c1-7-26(20-13-16(14-24)12-19(15(20)2)21(27)29-6)18-10-8-17(9-11-18)25-22(28)30-23(3,4)5/h12-13,17-18H,7-11H2,1-6H3,(H,25,28). The van der Waals surface area contributed by atoms with E-state index < -0.39 is 11.6 Å². The highest BCUT2D eigenvalue weighted by Crippen LogP contribution is 2.32. The lowest BCUT2D eigenvalue weighted by Gasteiger charge is -2.39. The topological polar surface area (TPSA) is 91.7 Å². The van der Waals surface area contributed by atoms with E-state index in [1.165, 1.54) is 7.11 Å².